The average Bonchev–Trinajstić information content (AvgIpc) is 2.65. The summed E-state index contributed by atoms with van der Waals surface area (Å²) in [5, 5.41) is 13.4. The molecule has 2 rings (SSSR count). The summed E-state index contributed by atoms with van der Waals surface area (Å²) in [4.78, 5) is 33.7. The van der Waals surface area contributed by atoms with E-state index in [0.717, 1.165) is 11.6 Å². The molecule has 1 amide bonds. The number of nitrogens with one attached hydrogen (secondary N) is 1. The Bertz CT molecular complexity index is 818. The van der Waals surface area contributed by atoms with Crippen LogP contribution in [-0.4, -0.2) is 23.4 Å². The van der Waals surface area contributed by atoms with Gasteiger partial charge in [0.15, 0.2) is 6.61 Å². The monoisotopic (exact) mass is 354 g/mol. The summed E-state index contributed by atoms with van der Waals surface area (Å²) in [5.74, 6) is -1.13. The van der Waals surface area contributed by atoms with Crippen LogP contribution in [0.2, 0.25) is 0 Å². The highest BCUT2D eigenvalue weighted by Gasteiger charge is 2.10. The van der Waals surface area contributed by atoms with Gasteiger partial charge in [0.25, 0.3) is 11.6 Å². The standard InChI is InChI=1S/C19H18N2O5/c1-14(16-7-3-2-4-8-16)20-18(22)13-26-19(23)11-10-15-6-5-9-17(12-15)21(24)25/h2-12,14H,13H2,1H3,(H,20,22)/b11-10+. The number of ether oxygens (including phenoxy) is 1. The molecule has 2 aromatic carbocycles. The molecule has 0 aromatic heterocycles. The first-order chi connectivity index (χ1) is 12.5. The second-order valence-electron chi connectivity index (χ2n) is 5.49. The Morgan fingerprint density at radius 2 is 1.92 bits per heavy atom. The summed E-state index contributed by atoms with van der Waals surface area (Å²) >= 11 is 0. The third-order valence-corrected chi connectivity index (χ3v) is 3.52. The number of rotatable bonds is 7. The fourth-order valence-electron chi connectivity index (χ4n) is 2.20. The summed E-state index contributed by atoms with van der Waals surface area (Å²) in [5.41, 5.74) is 1.35. The Labute approximate surface area is 150 Å². The molecule has 0 aliphatic carbocycles. The van der Waals surface area contributed by atoms with Gasteiger partial charge in [-0.25, -0.2) is 4.79 Å². The maximum atomic E-state index is 11.8. The Balaban J connectivity index is 1.82. The minimum atomic E-state index is -0.709. The Morgan fingerprint density at radius 1 is 1.19 bits per heavy atom. The van der Waals surface area contributed by atoms with Crippen LogP contribution in [0.1, 0.15) is 24.1 Å². The summed E-state index contributed by atoms with van der Waals surface area (Å²) in [7, 11) is 0. The maximum absolute atomic E-state index is 11.8. The van der Waals surface area contributed by atoms with Crippen LogP contribution in [0.15, 0.2) is 60.7 Å². The topological polar surface area (TPSA) is 98.5 Å². The Hall–Kier alpha value is -3.48. The smallest absolute Gasteiger partial charge is 0.331 e. The van der Waals surface area contributed by atoms with Crippen molar-refractivity contribution in [1.82, 2.24) is 5.32 Å². The van der Waals surface area contributed by atoms with Gasteiger partial charge in [-0.2, -0.15) is 0 Å². The van der Waals surface area contributed by atoms with E-state index in [-0.39, 0.29) is 11.7 Å². The Kier molecular flexibility index (Phi) is 6.61. The highest BCUT2D eigenvalue weighted by atomic mass is 16.6. The molecule has 0 aliphatic rings. The lowest BCUT2D eigenvalue weighted by molar-refractivity contribution is -0.384. The zero-order valence-corrected chi connectivity index (χ0v) is 14.1. The largest absolute Gasteiger partial charge is 0.452 e. The number of esters is 1. The van der Waals surface area contributed by atoms with Gasteiger partial charge < -0.3 is 10.1 Å². The molecule has 0 aliphatic heterocycles. The van der Waals surface area contributed by atoms with Crippen LogP contribution in [0.4, 0.5) is 5.69 Å². The van der Waals surface area contributed by atoms with Crippen molar-refractivity contribution in [3.8, 4) is 0 Å². The van der Waals surface area contributed by atoms with Gasteiger partial charge in [-0.3, -0.25) is 14.9 Å². The lowest BCUT2D eigenvalue weighted by Crippen LogP contribution is -2.30. The van der Waals surface area contributed by atoms with Crippen molar-refractivity contribution < 1.29 is 19.2 Å². The van der Waals surface area contributed by atoms with Crippen LogP contribution in [0.25, 0.3) is 6.08 Å². The van der Waals surface area contributed by atoms with Crippen molar-refractivity contribution in [3.05, 3.63) is 81.9 Å². The number of nitro benzene ring substituents is 1. The molecule has 7 heteroatoms. The zero-order chi connectivity index (χ0) is 18.9. The molecule has 26 heavy (non-hydrogen) atoms. The predicted molar refractivity (Wildman–Crippen MR) is 96.1 cm³/mol. The molecular weight excluding hydrogens is 336 g/mol. The molecular formula is C19H18N2O5. The molecule has 0 saturated heterocycles. The van der Waals surface area contributed by atoms with Gasteiger partial charge in [-0.1, -0.05) is 42.5 Å². The van der Waals surface area contributed by atoms with Gasteiger partial charge in [0.2, 0.25) is 0 Å². The Morgan fingerprint density at radius 3 is 2.62 bits per heavy atom. The number of amides is 1. The van der Waals surface area contributed by atoms with E-state index in [9.17, 15) is 19.7 Å². The molecule has 1 unspecified atom stereocenters. The molecule has 0 saturated carbocycles. The van der Waals surface area contributed by atoms with E-state index < -0.39 is 23.4 Å². The molecule has 1 atom stereocenters. The number of nitrogens with zero attached hydrogens (tertiary/aromatic N) is 1. The minimum absolute atomic E-state index is 0.0743. The van der Waals surface area contributed by atoms with Gasteiger partial charge in [-0.15, -0.1) is 0 Å². The number of non-ortho nitro benzene ring substituents is 1. The predicted octanol–water partition coefficient (Wildman–Crippen LogP) is 3.03. The minimum Gasteiger partial charge on any atom is -0.452 e. The summed E-state index contributed by atoms with van der Waals surface area (Å²) in [6.45, 7) is 1.42. The van der Waals surface area contributed by atoms with Crippen LogP contribution >= 0.6 is 0 Å². The fraction of sp³-hybridized carbons (Fsp3) is 0.158. The number of benzene rings is 2. The molecule has 7 nitrogen and oxygen atoms in total. The lowest BCUT2D eigenvalue weighted by atomic mass is 10.1. The first kappa shape index (κ1) is 18.9. The second kappa shape index (κ2) is 9.12. The third-order valence-electron chi connectivity index (χ3n) is 3.52. The van der Waals surface area contributed by atoms with E-state index in [1.165, 1.54) is 24.3 Å². The van der Waals surface area contributed by atoms with Gasteiger partial charge in [0.05, 0.1) is 11.0 Å². The van der Waals surface area contributed by atoms with Crippen LogP contribution in [0.5, 0.6) is 0 Å². The summed E-state index contributed by atoms with van der Waals surface area (Å²) < 4.78 is 4.87. The van der Waals surface area contributed by atoms with Gasteiger partial charge in [0, 0.05) is 18.2 Å². The van der Waals surface area contributed by atoms with Crippen molar-refractivity contribution in [2.45, 2.75) is 13.0 Å². The number of hydrogen-bond acceptors (Lipinski definition) is 5. The van der Waals surface area contributed by atoms with Crippen molar-refractivity contribution in [2.75, 3.05) is 6.61 Å². The van der Waals surface area contributed by atoms with E-state index >= 15 is 0 Å². The van der Waals surface area contributed by atoms with Gasteiger partial charge >= 0.3 is 5.97 Å². The zero-order valence-electron chi connectivity index (χ0n) is 14.1. The number of nitro groups is 1. The average molecular weight is 354 g/mol. The first-order valence-electron chi connectivity index (χ1n) is 7.89. The van der Waals surface area contributed by atoms with E-state index in [1.807, 2.05) is 37.3 Å². The highest BCUT2D eigenvalue weighted by molar-refractivity contribution is 5.89. The SMILES string of the molecule is CC(NC(=O)COC(=O)/C=C/c1cccc([N+](=O)[O-])c1)c1ccccc1. The van der Waals surface area contributed by atoms with Crippen LogP contribution in [0.3, 0.4) is 0 Å². The highest BCUT2D eigenvalue weighted by Crippen LogP contribution is 2.14. The molecule has 0 spiro atoms. The fourth-order valence-corrected chi connectivity index (χ4v) is 2.20. The van der Waals surface area contributed by atoms with Gasteiger partial charge in [-0.05, 0) is 24.1 Å². The second-order valence-corrected chi connectivity index (χ2v) is 5.49. The van der Waals surface area contributed by atoms with E-state index in [1.54, 1.807) is 6.07 Å². The van der Waals surface area contributed by atoms with Crippen molar-refractivity contribution in [1.29, 1.82) is 0 Å². The summed E-state index contributed by atoms with van der Waals surface area (Å²) in [6, 6.07) is 15.0. The van der Waals surface area contributed by atoms with E-state index in [0.29, 0.717) is 5.56 Å². The van der Waals surface area contributed by atoms with Crippen LogP contribution in [-0.2, 0) is 14.3 Å². The number of carbonyl (C=O) groups is 2. The number of hydrogen-bond donors (Lipinski definition) is 1. The normalized spacial score (nSPS) is 11.7. The number of carbonyl (C=O) groups excluding carboxylic acids is 2. The molecule has 0 radical (unpaired) electrons. The first-order valence-corrected chi connectivity index (χ1v) is 7.89. The van der Waals surface area contributed by atoms with E-state index in [2.05, 4.69) is 5.32 Å². The third kappa shape index (κ3) is 5.86. The molecule has 2 aromatic rings. The molecule has 0 bridgehead atoms. The summed E-state index contributed by atoms with van der Waals surface area (Å²) in [6.07, 6.45) is 2.51. The molecule has 0 heterocycles. The van der Waals surface area contributed by atoms with Crippen LogP contribution < -0.4 is 5.32 Å². The van der Waals surface area contributed by atoms with Crippen molar-refractivity contribution >= 4 is 23.6 Å². The van der Waals surface area contributed by atoms with E-state index in [4.69, 9.17) is 4.74 Å². The lowest BCUT2D eigenvalue weighted by Gasteiger charge is -2.13. The van der Waals surface area contributed by atoms with Crippen molar-refractivity contribution in [2.24, 2.45) is 0 Å². The quantitative estimate of drug-likeness (QED) is 0.357. The maximum Gasteiger partial charge on any atom is 0.331 e. The van der Waals surface area contributed by atoms with Crippen LogP contribution in [0, 0.1) is 10.1 Å². The van der Waals surface area contributed by atoms with Gasteiger partial charge in [0.1, 0.15) is 0 Å². The van der Waals surface area contributed by atoms with Crippen molar-refractivity contribution in [3.63, 3.8) is 0 Å². The molecule has 134 valence electrons. The molecule has 1 N–H and O–H groups in total. The molecule has 0 fully saturated rings.